The summed E-state index contributed by atoms with van der Waals surface area (Å²) in [6.07, 6.45) is 2.60. The van der Waals surface area contributed by atoms with Gasteiger partial charge in [0, 0.05) is 25.7 Å². The Labute approximate surface area is 123 Å². The molecule has 0 spiro atoms. The van der Waals surface area contributed by atoms with Crippen LogP contribution in [0.15, 0.2) is 33.9 Å². The van der Waals surface area contributed by atoms with Gasteiger partial charge >= 0.3 is 0 Å². The molecule has 0 bridgehead atoms. The third kappa shape index (κ3) is 3.10. The first-order valence-electron chi connectivity index (χ1n) is 5.53. The van der Waals surface area contributed by atoms with Crippen LogP contribution in [0, 0.1) is 3.57 Å². The first kappa shape index (κ1) is 13.1. The van der Waals surface area contributed by atoms with Crippen LogP contribution in [0.5, 0.6) is 0 Å². The van der Waals surface area contributed by atoms with E-state index in [4.69, 9.17) is 0 Å². The lowest BCUT2D eigenvalue weighted by Gasteiger charge is -2.19. The summed E-state index contributed by atoms with van der Waals surface area (Å²) in [5.74, 6) is 0.269. The largest absolute Gasteiger partial charge is 0.358 e. The van der Waals surface area contributed by atoms with Crippen molar-refractivity contribution in [2.45, 2.75) is 26.2 Å². The van der Waals surface area contributed by atoms with E-state index in [1.807, 2.05) is 19.1 Å². The summed E-state index contributed by atoms with van der Waals surface area (Å²) >= 11 is 5.74. The Balaban J connectivity index is 2.26. The van der Waals surface area contributed by atoms with Crippen LogP contribution in [0.1, 0.15) is 26.2 Å². The Morgan fingerprint density at radius 1 is 1.35 bits per heavy atom. The Kier molecular flexibility index (Phi) is 4.25. The zero-order valence-electron chi connectivity index (χ0n) is 9.52. The smallest absolute Gasteiger partial charge is 0.160 e. The molecule has 0 unspecified atom stereocenters. The average Bonchev–Trinajstić information content (AvgIpc) is 2.28. The number of halogens is 2. The maximum Gasteiger partial charge on any atom is 0.160 e. The number of hydrogen-bond donors (Lipinski definition) is 1. The van der Waals surface area contributed by atoms with E-state index >= 15 is 0 Å². The van der Waals surface area contributed by atoms with Crippen molar-refractivity contribution in [3.05, 3.63) is 37.5 Å². The van der Waals surface area contributed by atoms with Crippen molar-refractivity contribution in [1.29, 1.82) is 0 Å². The standard InChI is InChI=1S/C13H13BrINO/c1-8-11(3-2-4-13(8)17)16-12-6-5-9(14)7-10(12)15/h5-7,16H,2-4H2,1H3. The van der Waals surface area contributed by atoms with Gasteiger partial charge in [0.2, 0.25) is 0 Å². The Bertz CT molecular complexity index is 496. The third-order valence-electron chi connectivity index (χ3n) is 2.92. The number of ketones is 1. The molecule has 0 radical (unpaired) electrons. The van der Waals surface area contributed by atoms with Gasteiger partial charge in [-0.3, -0.25) is 4.79 Å². The molecular weight excluding hydrogens is 393 g/mol. The number of anilines is 1. The highest BCUT2D eigenvalue weighted by molar-refractivity contribution is 14.1. The fraction of sp³-hybridized carbons (Fsp3) is 0.308. The third-order valence-corrected chi connectivity index (χ3v) is 4.30. The topological polar surface area (TPSA) is 29.1 Å². The average molecular weight is 406 g/mol. The van der Waals surface area contributed by atoms with Gasteiger partial charge in [-0.25, -0.2) is 0 Å². The number of rotatable bonds is 2. The summed E-state index contributed by atoms with van der Waals surface area (Å²) in [6.45, 7) is 1.91. The van der Waals surface area contributed by atoms with Gasteiger partial charge in [0.25, 0.3) is 0 Å². The van der Waals surface area contributed by atoms with Gasteiger partial charge in [0.1, 0.15) is 0 Å². The number of carbonyl (C=O) groups is 1. The lowest BCUT2D eigenvalue weighted by Crippen LogP contribution is -2.14. The molecule has 0 heterocycles. The van der Waals surface area contributed by atoms with Crippen LogP contribution in [0.2, 0.25) is 0 Å². The van der Waals surface area contributed by atoms with E-state index in [0.717, 1.165) is 37.8 Å². The zero-order chi connectivity index (χ0) is 12.4. The number of Topliss-reactive ketones (excluding diaryl/α,β-unsaturated/α-hetero) is 1. The molecule has 0 aromatic heterocycles. The lowest BCUT2D eigenvalue weighted by atomic mass is 9.96. The minimum atomic E-state index is 0.269. The van der Waals surface area contributed by atoms with Crippen molar-refractivity contribution >= 4 is 50.0 Å². The van der Waals surface area contributed by atoms with Gasteiger partial charge in [-0.15, -0.1) is 0 Å². The zero-order valence-corrected chi connectivity index (χ0v) is 13.3. The minimum Gasteiger partial charge on any atom is -0.358 e. The molecule has 90 valence electrons. The quantitative estimate of drug-likeness (QED) is 0.734. The molecule has 2 rings (SSSR count). The van der Waals surface area contributed by atoms with E-state index in [1.54, 1.807) is 0 Å². The molecule has 1 N–H and O–H groups in total. The second-order valence-electron chi connectivity index (χ2n) is 4.13. The summed E-state index contributed by atoms with van der Waals surface area (Å²) in [4.78, 5) is 11.6. The molecule has 1 aliphatic rings. The Morgan fingerprint density at radius 2 is 2.12 bits per heavy atom. The van der Waals surface area contributed by atoms with Crippen molar-refractivity contribution in [3.63, 3.8) is 0 Å². The molecule has 0 aliphatic heterocycles. The maximum absolute atomic E-state index is 11.6. The maximum atomic E-state index is 11.6. The van der Waals surface area contributed by atoms with Gasteiger partial charge in [0.05, 0.1) is 5.69 Å². The number of carbonyl (C=O) groups excluding carboxylic acids is 1. The molecule has 1 aromatic carbocycles. The number of allylic oxidation sites excluding steroid dienone is 2. The highest BCUT2D eigenvalue weighted by atomic mass is 127. The summed E-state index contributed by atoms with van der Waals surface area (Å²) in [5, 5.41) is 3.39. The van der Waals surface area contributed by atoms with E-state index in [-0.39, 0.29) is 5.78 Å². The molecule has 1 aliphatic carbocycles. The van der Waals surface area contributed by atoms with Crippen LogP contribution in [-0.4, -0.2) is 5.78 Å². The van der Waals surface area contributed by atoms with Gasteiger partial charge in [-0.2, -0.15) is 0 Å². The first-order chi connectivity index (χ1) is 8.08. The first-order valence-corrected chi connectivity index (χ1v) is 7.40. The van der Waals surface area contributed by atoms with E-state index in [1.165, 1.54) is 0 Å². The molecule has 0 saturated heterocycles. The summed E-state index contributed by atoms with van der Waals surface area (Å²) < 4.78 is 2.22. The molecule has 2 nitrogen and oxygen atoms in total. The van der Waals surface area contributed by atoms with E-state index in [0.29, 0.717) is 6.42 Å². The van der Waals surface area contributed by atoms with Crippen LogP contribution in [-0.2, 0) is 4.79 Å². The number of benzene rings is 1. The van der Waals surface area contributed by atoms with E-state index in [9.17, 15) is 4.79 Å². The Morgan fingerprint density at radius 3 is 2.82 bits per heavy atom. The van der Waals surface area contributed by atoms with Crippen LogP contribution < -0.4 is 5.32 Å². The lowest BCUT2D eigenvalue weighted by molar-refractivity contribution is -0.116. The molecule has 4 heteroatoms. The van der Waals surface area contributed by atoms with E-state index < -0.39 is 0 Å². The second kappa shape index (κ2) is 5.52. The van der Waals surface area contributed by atoms with Gasteiger partial charge in [0.15, 0.2) is 5.78 Å². The SMILES string of the molecule is CC1=C(Nc2ccc(Br)cc2I)CCCC1=O. The highest BCUT2D eigenvalue weighted by Gasteiger charge is 2.17. The summed E-state index contributed by atoms with van der Waals surface area (Å²) in [5.41, 5.74) is 3.02. The van der Waals surface area contributed by atoms with Crippen LogP contribution >= 0.6 is 38.5 Å². The van der Waals surface area contributed by atoms with Crippen LogP contribution in [0.3, 0.4) is 0 Å². The normalized spacial score (nSPS) is 16.3. The molecule has 1 aromatic rings. The summed E-state index contributed by atoms with van der Waals surface area (Å²) in [7, 11) is 0. The molecule has 0 fully saturated rings. The van der Waals surface area contributed by atoms with E-state index in [2.05, 4.69) is 49.9 Å². The van der Waals surface area contributed by atoms with Crippen LogP contribution in [0.25, 0.3) is 0 Å². The molecule has 0 amide bonds. The molecular formula is C13H13BrINO. The van der Waals surface area contributed by atoms with Crippen molar-refractivity contribution in [2.24, 2.45) is 0 Å². The predicted molar refractivity (Wildman–Crippen MR) is 82.0 cm³/mol. The summed E-state index contributed by atoms with van der Waals surface area (Å²) in [6, 6.07) is 6.10. The van der Waals surface area contributed by atoms with Crippen molar-refractivity contribution in [2.75, 3.05) is 5.32 Å². The fourth-order valence-corrected chi connectivity index (χ4v) is 3.32. The van der Waals surface area contributed by atoms with Gasteiger partial charge < -0.3 is 5.32 Å². The van der Waals surface area contributed by atoms with Gasteiger partial charge in [-0.05, 0) is 60.6 Å². The van der Waals surface area contributed by atoms with Crippen molar-refractivity contribution in [1.82, 2.24) is 0 Å². The molecule has 0 saturated carbocycles. The minimum absolute atomic E-state index is 0.269. The number of nitrogens with one attached hydrogen (secondary N) is 1. The monoisotopic (exact) mass is 405 g/mol. The predicted octanol–water partition coefficient (Wildman–Crippen LogP) is 4.49. The highest BCUT2D eigenvalue weighted by Crippen LogP contribution is 2.28. The van der Waals surface area contributed by atoms with Gasteiger partial charge in [-0.1, -0.05) is 15.9 Å². The second-order valence-corrected chi connectivity index (χ2v) is 6.21. The van der Waals surface area contributed by atoms with Crippen molar-refractivity contribution in [3.8, 4) is 0 Å². The van der Waals surface area contributed by atoms with Crippen molar-refractivity contribution < 1.29 is 4.79 Å². The molecule has 17 heavy (non-hydrogen) atoms. The molecule has 0 atom stereocenters. The number of hydrogen-bond acceptors (Lipinski definition) is 2. The van der Waals surface area contributed by atoms with Crippen LogP contribution in [0.4, 0.5) is 5.69 Å². The fourth-order valence-electron chi connectivity index (χ4n) is 1.88. The Hall–Kier alpha value is -0.360.